The van der Waals surface area contributed by atoms with E-state index in [-0.39, 0.29) is 11.8 Å². The minimum Gasteiger partial charge on any atom is -0.462 e. The molecule has 0 bridgehead atoms. The maximum absolute atomic E-state index is 12.3. The maximum atomic E-state index is 12.3. The Balaban J connectivity index is 1.62. The first kappa shape index (κ1) is 19.1. The van der Waals surface area contributed by atoms with Crippen LogP contribution < -0.4 is 5.32 Å². The molecule has 3 rings (SSSR count). The molecule has 28 heavy (non-hydrogen) atoms. The van der Waals surface area contributed by atoms with Gasteiger partial charge in [0.05, 0.1) is 12.2 Å². The van der Waals surface area contributed by atoms with Crippen LogP contribution in [0.3, 0.4) is 0 Å². The number of allylic oxidation sites excluding steroid dienone is 1. The molecule has 0 aliphatic rings. The molecule has 0 aromatic heterocycles. The Bertz CT molecular complexity index is 976. The summed E-state index contributed by atoms with van der Waals surface area (Å²) in [5, 5.41) is 3.01. The average Bonchev–Trinajstić information content (AvgIpc) is 2.75. The zero-order valence-corrected chi connectivity index (χ0v) is 15.6. The molecular weight excluding hydrogens is 350 g/mol. The van der Waals surface area contributed by atoms with Crippen LogP contribution in [0.5, 0.6) is 0 Å². The molecule has 0 saturated carbocycles. The minimum atomic E-state index is -0.371. The summed E-state index contributed by atoms with van der Waals surface area (Å²) in [6, 6.07) is 24.5. The van der Waals surface area contributed by atoms with Crippen LogP contribution in [0.4, 0.5) is 5.69 Å². The quantitative estimate of drug-likeness (QED) is 0.346. The summed E-state index contributed by atoms with van der Waals surface area (Å²) >= 11 is 0. The Labute approximate surface area is 164 Å². The molecule has 0 aliphatic heterocycles. The van der Waals surface area contributed by atoms with Gasteiger partial charge in [0.15, 0.2) is 5.78 Å². The molecule has 0 atom stereocenters. The summed E-state index contributed by atoms with van der Waals surface area (Å²) in [6.07, 6.45) is 3.03. The number of ether oxygens (including phenoxy) is 1. The Hall–Kier alpha value is -3.66. The number of rotatable bonds is 7. The van der Waals surface area contributed by atoms with E-state index in [9.17, 15) is 9.59 Å². The van der Waals surface area contributed by atoms with Crippen LogP contribution in [-0.4, -0.2) is 18.4 Å². The number of nitrogens with one attached hydrogen (secondary N) is 1. The predicted octanol–water partition coefficient (Wildman–Crippen LogP) is 5.34. The van der Waals surface area contributed by atoms with E-state index in [1.165, 1.54) is 6.08 Å². The van der Waals surface area contributed by atoms with Gasteiger partial charge >= 0.3 is 5.97 Å². The minimum absolute atomic E-state index is 0.103. The van der Waals surface area contributed by atoms with E-state index in [4.69, 9.17) is 4.74 Å². The number of carbonyl (C=O) groups is 2. The Kier molecular flexibility index (Phi) is 6.37. The monoisotopic (exact) mass is 371 g/mol. The highest BCUT2D eigenvalue weighted by Gasteiger charge is 2.06. The smallest absolute Gasteiger partial charge is 0.338 e. The van der Waals surface area contributed by atoms with Crippen molar-refractivity contribution in [3.63, 3.8) is 0 Å². The zero-order chi connectivity index (χ0) is 19.8. The number of ketones is 1. The van der Waals surface area contributed by atoms with Crippen LogP contribution in [0.15, 0.2) is 91.1 Å². The molecule has 0 radical (unpaired) electrons. The molecule has 0 aliphatic carbocycles. The lowest BCUT2D eigenvalue weighted by Crippen LogP contribution is -2.04. The summed E-state index contributed by atoms with van der Waals surface area (Å²) in [6.45, 7) is 2.09. The van der Waals surface area contributed by atoms with E-state index in [1.807, 2.05) is 60.7 Å². The fourth-order valence-corrected chi connectivity index (χ4v) is 2.72. The molecule has 0 heterocycles. The largest absolute Gasteiger partial charge is 0.462 e. The second-order valence-electron chi connectivity index (χ2n) is 6.09. The number of carbonyl (C=O) groups excluding carboxylic acids is 2. The third-order valence-corrected chi connectivity index (χ3v) is 4.13. The first-order valence-corrected chi connectivity index (χ1v) is 9.07. The fourth-order valence-electron chi connectivity index (χ4n) is 2.72. The average molecular weight is 371 g/mol. The molecule has 3 aromatic carbocycles. The van der Waals surface area contributed by atoms with Gasteiger partial charge < -0.3 is 10.1 Å². The predicted molar refractivity (Wildman–Crippen MR) is 111 cm³/mol. The summed E-state index contributed by atoms with van der Waals surface area (Å²) in [4.78, 5) is 24.1. The van der Waals surface area contributed by atoms with Crippen LogP contribution in [-0.2, 0) is 4.74 Å². The first-order valence-electron chi connectivity index (χ1n) is 9.07. The standard InChI is InChI=1S/C24H21NO3/c1-2-28-24(27)21-9-6-10-22(17-21)25-16-15-23(26)20-13-11-19(12-14-20)18-7-4-3-5-8-18/h3-17,25H,2H2,1H3/b16-15+. The number of hydrogen-bond donors (Lipinski definition) is 1. The van der Waals surface area contributed by atoms with Gasteiger partial charge in [0.2, 0.25) is 0 Å². The van der Waals surface area contributed by atoms with Gasteiger partial charge in [-0.2, -0.15) is 0 Å². The molecule has 0 amide bonds. The first-order chi connectivity index (χ1) is 13.7. The topological polar surface area (TPSA) is 55.4 Å². The van der Waals surface area contributed by atoms with E-state index < -0.39 is 0 Å². The highest BCUT2D eigenvalue weighted by molar-refractivity contribution is 6.04. The van der Waals surface area contributed by atoms with Crippen molar-refractivity contribution in [2.45, 2.75) is 6.92 Å². The summed E-state index contributed by atoms with van der Waals surface area (Å²) < 4.78 is 4.99. The highest BCUT2D eigenvalue weighted by atomic mass is 16.5. The van der Waals surface area contributed by atoms with Gasteiger partial charge in [-0.25, -0.2) is 4.79 Å². The molecule has 140 valence electrons. The highest BCUT2D eigenvalue weighted by Crippen LogP contribution is 2.19. The van der Waals surface area contributed by atoms with E-state index in [1.54, 1.807) is 31.3 Å². The summed E-state index contributed by atoms with van der Waals surface area (Å²) in [5.74, 6) is -0.474. The van der Waals surface area contributed by atoms with Gasteiger partial charge in [0, 0.05) is 23.5 Å². The molecule has 1 N–H and O–H groups in total. The third-order valence-electron chi connectivity index (χ3n) is 4.13. The van der Waals surface area contributed by atoms with Crippen molar-refractivity contribution < 1.29 is 14.3 Å². The second-order valence-corrected chi connectivity index (χ2v) is 6.09. The zero-order valence-electron chi connectivity index (χ0n) is 15.6. The van der Waals surface area contributed by atoms with Crippen LogP contribution in [0.2, 0.25) is 0 Å². The normalized spacial score (nSPS) is 10.6. The molecule has 3 aromatic rings. The SMILES string of the molecule is CCOC(=O)c1cccc(N/C=C/C(=O)c2ccc(-c3ccccc3)cc2)c1. The lowest BCUT2D eigenvalue weighted by Gasteiger charge is -2.05. The summed E-state index contributed by atoms with van der Waals surface area (Å²) in [5.41, 5.74) is 3.95. The molecule has 4 nitrogen and oxygen atoms in total. The molecule has 0 spiro atoms. The second kappa shape index (κ2) is 9.33. The maximum Gasteiger partial charge on any atom is 0.338 e. The van der Waals surface area contributed by atoms with Crippen molar-refractivity contribution in [1.82, 2.24) is 0 Å². The van der Waals surface area contributed by atoms with E-state index >= 15 is 0 Å². The third kappa shape index (κ3) is 4.95. The van der Waals surface area contributed by atoms with Crippen LogP contribution in [0.25, 0.3) is 11.1 Å². The molecule has 0 unspecified atom stereocenters. The van der Waals surface area contributed by atoms with Crippen LogP contribution >= 0.6 is 0 Å². The lowest BCUT2D eigenvalue weighted by atomic mass is 10.0. The number of hydrogen-bond acceptors (Lipinski definition) is 4. The Morgan fingerprint density at radius 3 is 2.29 bits per heavy atom. The molecule has 0 fully saturated rings. The van der Waals surface area contributed by atoms with Crippen LogP contribution in [0, 0.1) is 0 Å². The molecule has 4 heteroatoms. The van der Waals surface area contributed by atoms with Crippen molar-refractivity contribution in [2.75, 3.05) is 11.9 Å². The van der Waals surface area contributed by atoms with Crippen molar-refractivity contribution in [1.29, 1.82) is 0 Å². The fraction of sp³-hybridized carbons (Fsp3) is 0.0833. The Morgan fingerprint density at radius 2 is 1.57 bits per heavy atom. The van der Waals surface area contributed by atoms with Gasteiger partial charge in [0.25, 0.3) is 0 Å². The van der Waals surface area contributed by atoms with E-state index in [0.717, 1.165) is 11.1 Å². The van der Waals surface area contributed by atoms with Gasteiger partial charge in [-0.1, -0.05) is 60.7 Å². The van der Waals surface area contributed by atoms with Gasteiger partial charge in [-0.05, 0) is 36.2 Å². The number of esters is 1. The van der Waals surface area contributed by atoms with Crippen molar-refractivity contribution in [3.05, 3.63) is 102 Å². The van der Waals surface area contributed by atoms with Crippen molar-refractivity contribution >= 4 is 17.4 Å². The van der Waals surface area contributed by atoms with Crippen LogP contribution in [0.1, 0.15) is 27.6 Å². The lowest BCUT2D eigenvalue weighted by molar-refractivity contribution is 0.0526. The molecular formula is C24H21NO3. The van der Waals surface area contributed by atoms with Gasteiger partial charge in [0.1, 0.15) is 0 Å². The Morgan fingerprint density at radius 1 is 0.857 bits per heavy atom. The van der Waals surface area contributed by atoms with E-state index in [0.29, 0.717) is 23.4 Å². The van der Waals surface area contributed by atoms with Crippen molar-refractivity contribution in [2.24, 2.45) is 0 Å². The molecule has 0 saturated heterocycles. The number of benzene rings is 3. The van der Waals surface area contributed by atoms with E-state index in [2.05, 4.69) is 5.32 Å². The van der Waals surface area contributed by atoms with Gasteiger partial charge in [-0.15, -0.1) is 0 Å². The number of anilines is 1. The van der Waals surface area contributed by atoms with Crippen molar-refractivity contribution in [3.8, 4) is 11.1 Å². The summed E-state index contributed by atoms with van der Waals surface area (Å²) in [7, 11) is 0. The van der Waals surface area contributed by atoms with Gasteiger partial charge in [-0.3, -0.25) is 4.79 Å².